The summed E-state index contributed by atoms with van der Waals surface area (Å²) in [7, 11) is 1.43. The Morgan fingerprint density at radius 2 is 1.84 bits per heavy atom. The number of piperidine rings is 1. The van der Waals surface area contributed by atoms with Gasteiger partial charge in [-0.25, -0.2) is 0 Å². The van der Waals surface area contributed by atoms with Gasteiger partial charge in [-0.1, -0.05) is 44.2 Å². The van der Waals surface area contributed by atoms with E-state index in [1.54, 1.807) is 0 Å². The summed E-state index contributed by atoms with van der Waals surface area (Å²) in [5.41, 5.74) is 1.15. The van der Waals surface area contributed by atoms with Gasteiger partial charge in [0.15, 0.2) is 0 Å². The van der Waals surface area contributed by atoms with Crippen LogP contribution in [-0.4, -0.2) is 43.5 Å². The lowest BCUT2D eigenvalue weighted by molar-refractivity contribution is -0.147. The quantitative estimate of drug-likeness (QED) is 0.771. The van der Waals surface area contributed by atoms with Crippen LogP contribution in [-0.2, 0) is 14.3 Å². The van der Waals surface area contributed by atoms with Gasteiger partial charge in [-0.15, -0.1) is 0 Å². The number of methoxy groups -OCH3 is 1. The molecule has 25 heavy (non-hydrogen) atoms. The van der Waals surface area contributed by atoms with Gasteiger partial charge in [0.05, 0.1) is 25.6 Å². The number of hydrogen-bond acceptors (Lipinski definition) is 4. The fourth-order valence-electron chi connectivity index (χ4n) is 3.37. The van der Waals surface area contributed by atoms with Gasteiger partial charge >= 0.3 is 5.97 Å². The number of ether oxygens (including phenoxy) is 1. The number of nitrogens with zero attached hydrogens (tertiary/aromatic N) is 1. The summed E-state index contributed by atoms with van der Waals surface area (Å²) in [6, 6.07) is 10.2. The number of esters is 1. The first-order valence-electron chi connectivity index (χ1n) is 9.14. The van der Waals surface area contributed by atoms with Crippen LogP contribution in [0, 0.1) is 11.8 Å². The van der Waals surface area contributed by atoms with E-state index in [-0.39, 0.29) is 23.8 Å². The first-order valence-corrected chi connectivity index (χ1v) is 9.14. The minimum atomic E-state index is -0.134. The summed E-state index contributed by atoms with van der Waals surface area (Å²) in [5.74, 6) is 0.389. The lowest BCUT2D eigenvalue weighted by atomic mass is 9.96. The van der Waals surface area contributed by atoms with Gasteiger partial charge in [0, 0.05) is 0 Å². The van der Waals surface area contributed by atoms with Gasteiger partial charge in [-0.3, -0.25) is 14.5 Å². The van der Waals surface area contributed by atoms with Crippen molar-refractivity contribution in [1.82, 2.24) is 10.2 Å². The zero-order valence-corrected chi connectivity index (χ0v) is 15.5. The summed E-state index contributed by atoms with van der Waals surface area (Å²) in [6.07, 6.45) is 2.43. The fraction of sp³-hybridized carbons (Fsp3) is 0.600. The van der Waals surface area contributed by atoms with E-state index >= 15 is 0 Å². The van der Waals surface area contributed by atoms with Crippen molar-refractivity contribution in [3.05, 3.63) is 35.9 Å². The van der Waals surface area contributed by atoms with E-state index < -0.39 is 0 Å². The molecule has 138 valence electrons. The molecule has 2 rings (SSSR count). The predicted molar refractivity (Wildman–Crippen MR) is 98.0 cm³/mol. The summed E-state index contributed by atoms with van der Waals surface area (Å²) in [4.78, 5) is 26.2. The molecule has 0 bridgehead atoms. The van der Waals surface area contributed by atoms with Crippen LogP contribution in [0.15, 0.2) is 30.3 Å². The summed E-state index contributed by atoms with van der Waals surface area (Å²) >= 11 is 0. The second kappa shape index (κ2) is 9.56. The van der Waals surface area contributed by atoms with Crippen LogP contribution < -0.4 is 5.32 Å². The van der Waals surface area contributed by atoms with Crippen molar-refractivity contribution in [3.63, 3.8) is 0 Å². The molecule has 1 aromatic rings. The van der Waals surface area contributed by atoms with Crippen molar-refractivity contribution >= 4 is 11.9 Å². The van der Waals surface area contributed by atoms with E-state index in [1.165, 1.54) is 7.11 Å². The smallest absolute Gasteiger partial charge is 0.308 e. The van der Waals surface area contributed by atoms with E-state index in [0.717, 1.165) is 37.9 Å². The van der Waals surface area contributed by atoms with Crippen LogP contribution in [0.2, 0.25) is 0 Å². The minimum absolute atomic E-state index is 0.0256. The molecule has 5 heteroatoms. The third kappa shape index (κ3) is 6.16. The molecule has 1 amide bonds. The van der Waals surface area contributed by atoms with Crippen LogP contribution >= 0.6 is 0 Å². The molecule has 0 spiro atoms. The second-order valence-electron chi connectivity index (χ2n) is 7.23. The van der Waals surface area contributed by atoms with E-state index in [2.05, 4.69) is 36.2 Å². The molecule has 1 saturated heterocycles. The number of carbonyl (C=O) groups excluding carboxylic acids is 2. The largest absolute Gasteiger partial charge is 0.469 e. The van der Waals surface area contributed by atoms with Crippen LogP contribution in [0.4, 0.5) is 0 Å². The summed E-state index contributed by atoms with van der Waals surface area (Å²) in [5, 5.41) is 3.18. The molecular weight excluding hydrogens is 316 g/mol. The maximum atomic E-state index is 12.5. The SMILES string of the molecule is COC(=O)C1CCN(CC(=O)N[C@@H](CC(C)C)c2ccccc2)CC1. The molecule has 1 fully saturated rings. The number of likely N-dealkylation sites (tertiary alicyclic amines) is 1. The maximum Gasteiger partial charge on any atom is 0.308 e. The fourth-order valence-corrected chi connectivity index (χ4v) is 3.37. The van der Waals surface area contributed by atoms with E-state index in [0.29, 0.717) is 12.5 Å². The predicted octanol–water partition coefficient (Wildman–Crippen LogP) is 2.78. The molecule has 0 aliphatic carbocycles. The van der Waals surface area contributed by atoms with Gasteiger partial charge in [-0.2, -0.15) is 0 Å². The Balaban J connectivity index is 1.86. The Kier molecular flexibility index (Phi) is 7.44. The molecule has 1 atom stereocenters. The van der Waals surface area contributed by atoms with Crippen molar-refractivity contribution in [3.8, 4) is 0 Å². The normalized spacial score (nSPS) is 17.3. The highest BCUT2D eigenvalue weighted by molar-refractivity contribution is 5.78. The van der Waals surface area contributed by atoms with Crippen molar-refractivity contribution in [2.75, 3.05) is 26.7 Å². The number of amides is 1. The van der Waals surface area contributed by atoms with Crippen LogP contribution in [0.3, 0.4) is 0 Å². The Bertz CT molecular complexity index is 551. The monoisotopic (exact) mass is 346 g/mol. The molecule has 0 unspecified atom stereocenters. The highest BCUT2D eigenvalue weighted by Gasteiger charge is 2.27. The zero-order valence-electron chi connectivity index (χ0n) is 15.5. The van der Waals surface area contributed by atoms with Gasteiger partial charge < -0.3 is 10.1 Å². The number of rotatable bonds is 7. The molecule has 1 N–H and O–H groups in total. The number of carbonyl (C=O) groups is 2. The zero-order chi connectivity index (χ0) is 18.2. The van der Waals surface area contributed by atoms with E-state index in [9.17, 15) is 9.59 Å². The molecule has 5 nitrogen and oxygen atoms in total. The average molecular weight is 346 g/mol. The van der Waals surface area contributed by atoms with Crippen LogP contribution in [0.5, 0.6) is 0 Å². The molecule has 0 saturated carbocycles. The summed E-state index contributed by atoms with van der Waals surface area (Å²) in [6.45, 7) is 6.23. The summed E-state index contributed by atoms with van der Waals surface area (Å²) < 4.78 is 4.81. The molecule has 0 aromatic heterocycles. The first-order chi connectivity index (χ1) is 12.0. The van der Waals surface area contributed by atoms with Gasteiger partial charge in [0.2, 0.25) is 5.91 Å². The van der Waals surface area contributed by atoms with Gasteiger partial charge in [0.25, 0.3) is 0 Å². The highest BCUT2D eigenvalue weighted by Crippen LogP contribution is 2.22. The standard InChI is InChI=1S/C20H30N2O3/c1-15(2)13-18(16-7-5-4-6-8-16)21-19(23)14-22-11-9-17(10-12-22)20(24)25-3/h4-8,15,17-18H,9-14H2,1-3H3,(H,21,23)/t18-/m0/s1. The molecule has 1 aliphatic heterocycles. The van der Waals surface area contributed by atoms with Crippen molar-refractivity contribution in [1.29, 1.82) is 0 Å². The second-order valence-corrected chi connectivity index (χ2v) is 7.23. The third-order valence-electron chi connectivity index (χ3n) is 4.73. The van der Waals surface area contributed by atoms with E-state index in [1.807, 2.05) is 18.2 Å². The van der Waals surface area contributed by atoms with Crippen molar-refractivity contribution in [2.24, 2.45) is 11.8 Å². The van der Waals surface area contributed by atoms with Gasteiger partial charge in [0.1, 0.15) is 0 Å². The molecule has 1 aromatic carbocycles. The molecule has 0 radical (unpaired) electrons. The number of nitrogens with one attached hydrogen (secondary N) is 1. The maximum absolute atomic E-state index is 12.5. The highest BCUT2D eigenvalue weighted by atomic mass is 16.5. The Hall–Kier alpha value is -1.88. The third-order valence-corrected chi connectivity index (χ3v) is 4.73. The molecular formula is C20H30N2O3. The first kappa shape index (κ1) is 19.4. The van der Waals surface area contributed by atoms with E-state index in [4.69, 9.17) is 4.74 Å². The van der Waals surface area contributed by atoms with Crippen LogP contribution in [0.25, 0.3) is 0 Å². The lowest BCUT2D eigenvalue weighted by Gasteiger charge is -2.30. The number of hydrogen-bond donors (Lipinski definition) is 1. The topological polar surface area (TPSA) is 58.6 Å². The Morgan fingerprint density at radius 1 is 1.20 bits per heavy atom. The molecule has 1 aliphatic rings. The molecule has 1 heterocycles. The Morgan fingerprint density at radius 3 is 2.40 bits per heavy atom. The lowest BCUT2D eigenvalue weighted by Crippen LogP contribution is -2.43. The Labute approximate surface area is 150 Å². The van der Waals surface area contributed by atoms with Crippen molar-refractivity contribution in [2.45, 2.75) is 39.2 Å². The van der Waals surface area contributed by atoms with Crippen LogP contribution in [0.1, 0.15) is 44.7 Å². The van der Waals surface area contributed by atoms with Crippen molar-refractivity contribution < 1.29 is 14.3 Å². The number of benzene rings is 1. The minimum Gasteiger partial charge on any atom is -0.469 e. The van der Waals surface area contributed by atoms with Gasteiger partial charge in [-0.05, 0) is 43.8 Å². The average Bonchev–Trinajstić information content (AvgIpc) is 2.61.